The van der Waals surface area contributed by atoms with Crippen molar-refractivity contribution >= 4 is 41.0 Å². The second-order valence-electron chi connectivity index (χ2n) is 7.85. The molecule has 0 fully saturated rings. The number of carbonyl (C=O) groups is 2. The highest BCUT2D eigenvalue weighted by molar-refractivity contribution is 8.00. The summed E-state index contributed by atoms with van der Waals surface area (Å²) in [5.41, 5.74) is 5.14. The van der Waals surface area contributed by atoms with Crippen LogP contribution in [0.15, 0.2) is 96.0 Å². The van der Waals surface area contributed by atoms with Gasteiger partial charge in [0.2, 0.25) is 11.8 Å². The number of aromatic nitrogens is 2. The molecule has 0 radical (unpaired) electrons. The van der Waals surface area contributed by atoms with Crippen LogP contribution in [0.2, 0.25) is 0 Å². The van der Waals surface area contributed by atoms with Crippen LogP contribution in [-0.2, 0) is 16.1 Å². The summed E-state index contributed by atoms with van der Waals surface area (Å²) in [4.78, 5) is 25.3. The summed E-state index contributed by atoms with van der Waals surface area (Å²) in [6.45, 7) is 0.638. The van der Waals surface area contributed by atoms with Crippen molar-refractivity contribution in [2.24, 2.45) is 0 Å². The molecule has 2 heterocycles. The number of benzene rings is 3. The van der Waals surface area contributed by atoms with Crippen LogP contribution in [-0.4, -0.2) is 27.3 Å². The second kappa shape index (κ2) is 9.80. The fraction of sp³-hybridized carbons (Fsp3) is 0.0741. The molecule has 0 saturated carbocycles. The molecule has 0 aliphatic carbocycles. The predicted molar refractivity (Wildman–Crippen MR) is 137 cm³/mol. The molecule has 2 amide bonds. The SMILES string of the molecule is O=C(C=Cc1cn(Cc2ccccc2)nc1-c1ccccc1)Nc1ccc2c(c1)NC(=O)CS2. The zero-order chi connectivity index (χ0) is 23.3. The van der Waals surface area contributed by atoms with Crippen molar-refractivity contribution in [1.29, 1.82) is 0 Å². The van der Waals surface area contributed by atoms with E-state index >= 15 is 0 Å². The molecule has 34 heavy (non-hydrogen) atoms. The molecule has 7 heteroatoms. The van der Waals surface area contributed by atoms with Crippen molar-refractivity contribution in [3.8, 4) is 11.3 Å². The Bertz CT molecular complexity index is 1360. The van der Waals surface area contributed by atoms with E-state index < -0.39 is 0 Å². The molecule has 1 aromatic heterocycles. The minimum atomic E-state index is -0.260. The first-order chi connectivity index (χ1) is 16.6. The number of amides is 2. The molecular weight excluding hydrogens is 444 g/mol. The molecule has 0 atom stereocenters. The van der Waals surface area contributed by atoms with Crippen LogP contribution in [0, 0.1) is 0 Å². The topological polar surface area (TPSA) is 76.0 Å². The summed E-state index contributed by atoms with van der Waals surface area (Å²) >= 11 is 1.49. The van der Waals surface area contributed by atoms with Gasteiger partial charge >= 0.3 is 0 Å². The van der Waals surface area contributed by atoms with Crippen LogP contribution < -0.4 is 10.6 Å². The molecule has 0 spiro atoms. The Morgan fingerprint density at radius 1 is 1.06 bits per heavy atom. The Hall–Kier alpha value is -4.10. The maximum atomic E-state index is 12.6. The number of hydrogen-bond donors (Lipinski definition) is 2. The van der Waals surface area contributed by atoms with Gasteiger partial charge in [-0.25, -0.2) is 0 Å². The normalized spacial score (nSPS) is 12.9. The van der Waals surface area contributed by atoms with Gasteiger partial charge < -0.3 is 10.6 Å². The molecule has 2 N–H and O–H groups in total. The third-order valence-electron chi connectivity index (χ3n) is 5.32. The van der Waals surface area contributed by atoms with E-state index in [1.807, 2.05) is 71.5 Å². The predicted octanol–water partition coefficient (Wildman–Crippen LogP) is 5.29. The van der Waals surface area contributed by atoms with E-state index in [9.17, 15) is 9.59 Å². The van der Waals surface area contributed by atoms with E-state index in [2.05, 4.69) is 22.8 Å². The maximum absolute atomic E-state index is 12.6. The first-order valence-electron chi connectivity index (χ1n) is 10.9. The summed E-state index contributed by atoms with van der Waals surface area (Å²) in [6, 6.07) is 25.6. The lowest BCUT2D eigenvalue weighted by Gasteiger charge is -2.17. The van der Waals surface area contributed by atoms with E-state index in [-0.39, 0.29) is 11.8 Å². The van der Waals surface area contributed by atoms with Crippen LogP contribution in [0.1, 0.15) is 11.1 Å². The maximum Gasteiger partial charge on any atom is 0.248 e. The molecule has 0 bridgehead atoms. The minimum absolute atomic E-state index is 0.0400. The van der Waals surface area contributed by atoms with Crippen LogP contribution in [0.3, 0.4) is 0 Å². The quantitative estimate of drug-likeness (QED) is 0.379. The molecule has 0 unspecified atom stereocenters. The summed E-state index contributed by atoms with van der Waals surface area (Å²) < 4.78 is 1.89. The Morgan fingerprint density at radius 3 is 2.62 bits per heavy atom. The average molecular weight is 467 g/mol. The van der Waals surface area contributed by atoms with Gasteiger partial charge in [0.05, 0.1) is 23.7 Å². The number of rotatable bonds is 6. The fourth-order valence-corrected chi connectivity index (χ4v) is 4.53. The molecule has 6 nitrogen and oxygen atoms in total. The lowest BCUT2D eigenvalue weighted by molar-refractivity contribution is -0.114. The first-order valence-corrected chi connectivity index (χ1v) is 11.9. The van der Waals surface area contributed by atoms with Gasteiger partial charge in [-0.2, -0.15) is 5.10 Å². The molecule has 4 aromatic rings. The monoisotopic (exact) mass is 466 g/mol. The summed E-state index contributed by atoms with van der Waals surface area (Å²) in [7, 11) is 0. The molecule has 5 rings (SSSR count). The molecule has 3 aromatic carbocycles. The third-order valence-corrected chi connectivity index (χ3v) is 6.39. The largest absolute Gasteiger partial charge is 0.324 e. The number of carbonyl (C=O) groups excluding carboxylic acids is 2. The number of anilines is 2. The van der Waals surface area contributed by atoms with Crippen LogP contribution in [0.4, 0.5) is 11.4 Å². The molecule has 1 aliphatic rings. The van der Waals surface area contributed by atoms with E-state index in [1.54, 1.807) is 12.1 Å². The average Bonchev–Trinajstić information content (AvgIpc) is 3.26. The third kappa shape index (κ3) is 5.10. The highest BCUT2D eigenvalue weighted by Gasteiger charge is 2.16. The van der Waals surface area contributed by atoms with Gasteiger partial charge in [0.15, 0.2) is 0 Å². The molecule has 168 valence electrons. The molecular formula is C27H22N4O2S. The fourth-order valence-electron chi connectivity index (χ4n) is 3.74. The second-order valence-corrected chi connectivity index (χ2v) is 8.87. The summed E-state index contributed by atoms with van der Waals surface area (Å²) in [5.74, 6) is 0.106. The number of nitrogens with one attached hydrogen (secondary N) is 2. The van der Waals surface area contributed by atoms with Gasteiger partial charge in [-0.1, -0.05) is 60.7 Å². The van der Waals surface area contributed by atoms with Crippen LogP contribution >= 0.6 is 11.8 Å². The van der Waals surface area contributed by atoms with Crippen molar-refractivity contribution in [3.63, 3.8) is 0 Å². The minimum Gasteiger partial charge on any atom is -0.324 e. The van der Waals surface area contributed by atoms with Crippen molar-refractivity contribution in [3.05, 3.63) is 102 Å². The summed E-state index contributed by atoms with van der Waals surface area (Å²) in [6.07, 6.45) is 5.23. The molecule has 0 saturated heterocycles. The highest BCUT2D eigenvalue weighted by atomic mass is 32.2. The van der Waals surface area contributed by atoms with E-state index in [0.29, 0.717) is 18.0 Å². The Morgan fingerprint density at radius 2 is 1.82 bits per heavy atom. The van der Waals surface area contributed by atoms with Gasteiger partial charge in [-0.05, 0) is 29.8 Å². The number of nitrogens with zero attached hydrogens (tertiary/aromatic N) is 2. The van der Waals surface area contributed by atoms with E-state index in [4.69, 9.17) is 5.10 Å². The zero-order valence-corrected chi connectivity index (χ0v) is 19.1. The summed E-state index contributed by atoms with van der Waals surface area (Å²) in [5, 5.41) is 10.5. The molecule has 1 aliphatic heterocycles. The highest BCUT2D eigenvalue weighted by Crippen LogP contribution is 2.33. The van der Waals surface area contributed by atoms with Crippen molar-refractivity contribution in [2.45, 2.75) is 11.4 Å². The van der Waals surface area contributed by atoms with Crippen LogP contribution in [0.5, 0.6) is 0 Å². The zero-order valence-electron chi connectivity index (χ0n) is 18.3. The Labute approximate surface area is 201 Å². The first kappa shape index (κ1) is 21.7. The van der Waals surface area contributed by atoms with Gasteiger partial charge in [-0.3, -0.25) is 14.3 Å². The number of thioether (sulfide) groups is 1. The van der Waals surface area contributed by atoms with E-state index in [1.165, 1.54) is 17.8 Å². The van der Waals surface area contributed by atoms with E-state index in [0.717, 1.165) is 33.0 Å². The lowest BCUT2D eigenvalue weighted by atomic mass is 10.1. The van der Waals surface area contributed by atoms with Crippen molar-refractivity contribution in [1.82, 2.24) is 9.78 Å². The lowest BCUT2D eigenvalue weighted by Crippen LogP contribution is -2.19. The van der Waals surface area contributed by atoms with Crippen molar-refractivity contribution < 1.29 is 9.59 Å². The van der Waals surface area contributed by atoms with Crippen molar-refractivity contribution in [2.75, 3.05) is 16.4 Å². The van der Waals surface area contributed by atoms with Gasteiger partial charge in [0, 0.05) is 34.0 Å². The number of fused-ring (bicyclic) bond motifs is 1. The smallest absolute Gasteiger partial charge is 0.248 e. The Balaban J connectivity index is 1.36. The van der Waals surface area contributed by atoms with Crippen LogP contribution in [0.25, 0.3) is 17.3 Å². The number of hydrogen-bond acceptors (Lipinski definition) is 4. The van der Waals surface area contributed by atoms with Gasteiger partial charge in [0.25, 0.3) is 0 Å². The van der Waals surface area contributed by atoms with Gasteiger partial charge in [0.1, 0.15) is 0 Å². The van der Waals surface area contributed by atoms with Gasteiger partial charge in [-0.15, -0.1) is 11.8 Å². The standard InChI is InChI=1S/C27H22N4O2S/c32-25(28-22-12-13-24-23(15-22)29-26(33)18-34-24)14-11-21-17-31(16-19-7-3-1-4-8-19)30-27(21)20-9-5-2-6-10-20/h1-15,17H,16,18H2,(H,28,32)(H,29,33). The Kier molecular flexibility index (Phi) is 6.27.